The standard InChI is InChI=1S/C27H25N5O2S/c1-3-33-23-16-14-22(15-17-23)32-24(18-20-10-6-4-7-11-20)28-31-27(32)35-19(2)25-29-30-26(34-25)21-12-8-5-9-13-21/h4-17,19H,3,18H2,1-2H3. The largest absolute Gasteiger partial charge is 0.494 e. The number of thioether (sulfide) groups is 1. The van der Waals surface area contributed by atoms with E-state index in [2.05, 4.69) is 37.1 Å². The third-order valence-corrected chi connectivity index (χ3v) is 6.43. The zero-order valence-corrected chi connectivity index (χ0v) is 20.4. The molecule has 2 heterocycles. The molecule has 1 atom stereocenters. The van der Waals surface area contributed by atoms with Crippen LogP contribution in [0.3, 0.4) is 0 Å². The average molecular weight is 484 g/mol. The smallest absolute Gasteiger partial charge is 0.247 e. The zero-order valence-electron chi connectivity index (χ0n) is 19.5. The number of nitrogens with zero attached hydrogens (tertiary/aromatic N) is 5. The van der Waals surface area contributed by atoms with Crippen LogP contribution in [-0.4, -0.2) is 31.6 Å². The topological polar surface area (TPSA) is 78.9 Å². The molecular formula is C27H25N5O2S. The summed E-state index contributed by atoms with van der Waals surface area (Å²) >= 11 is 1.53. The minimum atomic E-state index is -0.116. The van der Waals surface area contributed by atoms with Crippen molar-refractivity contribution in [1.29, 1.82) is 0 Å². The fourth-order valence-corrected chi connectivity index (χ4v) is 4.61. The second kappa shape index (κ2) is 10.6. The first-order chi connectivity index (χ1) is 17.2. The average Bonchev–Trinajstić information content (AvgIpc) is 3.54. The van der Waals surface area contributed by atoms with Gasteiger partial charge in [0.25, 0.3) is 0 Å². The van der Waals surface area contributed by atoms with Gasteiger partial charge in [-0.05, 0) is 55.8 Å². The number of aromatic nitrogens is 5. The van der Waals surface area contributed by atoms with Crippen LogP contribution in [0.1, 0.15) is 36.4 Å². The van der Waals surface area contributed by atoms with Gasteiger partial charge in [-0.2, -0.15) is 0 Å². The molecule has 3 aromatic carbocycles. The Hall–Kier alpha value is -3.91. The molecule has 0 saturated heterocycles. The number of ether oxygens (including phenoxy) is 1. The van der Waals surface area contributed by atoms with E-state index < -0.39 is 0 Å². The van der Waals surface area contributed by atoms with Crippen molar-refractivity contribution in [3.63, 3.8) is 0 Å². The van der Waals surface area contributed by atoms with Crippen LogP contribution in [0.2, 0.25) is 0 Å². The third-order valence-electron chi connectivity index (χ3n) is 5.40. The first-order valence-corrected chi connectivity index (χ1v) is 12.4. The molecule has 176 valence electrons. The lowest BCUT2D eigenvalue weighted by Gasteiger charge is -2.13. The van der Waals surface area contributed by atoms with Gasteiger partial charge in [-0.3, -0.25) is 4.57 Å². The molecule has 0 aliphatic carbocycles. The van der Waals surface area contributed by atoms with Gasteiger partial charge in [-0.1, -0.05) is 60.3 Å². The summed E-state index contributed by atoms with van der Waals surface area (Å²) in [5.41, 5.74) is 3.03. The van der Waals surface area contributed by atoms with Crippen LogP contribution in [-0.2, 0) is 6.42 Å². The van der Waals surface area contributed by atoms with E-state index in [4.69, 9.17) is 9.15 Å². The van der Waals surface area contributed by atoms with Crippen LogP contribution >= 0.6 is 11.8 Å². The van der Waals surface area contributed by atoms with E-state index in [1.54, 1.807) is 0 Å². The van der Waals surface area contributed by atoms with E-state index >= 15 is 0 Å². The van der Waals surface area contributed by atoms with Crippen molar-refractivity contribution in [2.24, 2.45) is 0 Å². The quantitative estimate of drug-likeness (QED) is 0.232. The molecule has 0 amide bonds. The summed E-state index contributed by atoms with van der Waals surface area (Å²) in [6.07, 6.45) is 0.661. The summed E-state index contributed by atoms with van der Waals surface area (Å²) in [6.45, 7) is 4.63. The Morgan fingerprint density at radius 1 is 0.857 bits per heavy atom. The molecule has 0 radical (unpaired) electrons. The predicted molar refractivity (Wildman–Crippen MR) is 136 cm³/mol. The lowest BCUT2D eigenvalue weighted by atomic mass is 10.1. The normalized spacial score (nSPS) is 11.9. The van der Waals surface area contributed by atoms with Gasteiger partial charge in [-0.15, -0.1) is 20.4 Å². The van der Waals surface area contributed by atoms with Gasteiger partial charge in [0.2, 0.25) is 11.8 Å². The number of hydrogen-bond donors (Lipinski definition) is 0. The van der Waals surface area contributed by atoms with Gasteiger partial charge < -0.3 is 9.15 Å². The fourth-order valence-electron chi connectivity index (χ4n) is 3.69. The van der Waals surface area contributed by atoms with Crippen molar-refractivity contribution in [3.8, 4) is 22.9 Å². The summed E-state index contributed by atoms with van der Waals surface area (Å²) in [7, 11) is 0. The molecule has 0 aliphatic rings. The second-order valence-corrected chi connectivity index (χ2v) is 9.20. The molecule has 5 aromatic rings. The van der Waals surface area contributed by atoms with Gasteiger partial charge in [0.1, 0.15) is 11.6 Å². The van der Waals surface area contributed by atoms with Crippen molar-refractivity contribution < 1.29 is 9.15 Å². The van der Waals surface area contributed by atoms with E-state index in [-0.39, 0.29) is 5.25 Å². The minimum absolute atomic E-state index is 0.116. The second-order valence-electron chi connectivity index (χ2n) is 7.90. The highest BCUT2D eigenvalue weighted by Gasteiger charge is 2.22. The molecule has 5 rings (SSSR count). The molecule has 0 N–H and O–H groups in total. The van der Waals surface area contributed by atoms with E-state index in [0.717, 1.165) is 28.0 Å². The molecule has 7 nitrogen and oxygen atoms in total. The van der Waals surface area contributed by atoms with Crippen molar-refractivity contribution in [2.45, 2.75) is 30.7 Å². The Bertz CT molecular complexity index is 1370. The zero-order chi connectivity index (χ0) is 24.0. The monoisotopic (exact) mass is 483 g/mol. The number of benzene rings is 3. The number of rotatable bonds is 9. The fraction of sp³-hybridized carbons (Fsp3) is 0.185. The lowest BCUT2D eigenvalue weighted by Crippen LogP contribution is -2.05. The molecule has 0 spiro atoms. The Balaban J connectivity index is 1.44. The van der Waals surface area contributed by atoms with E-state index in [1.165, 1.54) is 17.3 Å². The van der Waals surface area contributed by atoms with Crippen LogP contribution in [0.25, 0.3) is 17.1 Å². The van der Waals surface area contributed by atoms with Crippen molar-refractivity contribution in [1.82, 2.24) is 25.0 Å². The maximum atomic E-state index is 5.98. The summed E-state index contributed by atoms with van der Waals surface area (Å²) in [5.74, 6) is 2.73. The van der Waals surface area contributed by atoms with E-state index in [9.17, 15) is 0 Å². The summed E-state index contributed by atoms with van der Waals surface area (Å²) in [4.78, 5) is 0. The molecule has 2 aromatic heterocycles. The van der Waals surface area contributed by atoms with Crippen LogP contribution < -0.4 is 4.74 Å². The lowest BCUT2D eigenvalue weighted by molar-refractivity contribution is 0.340. The van der Waals surface area contributed by atoms with Gasteiger partial charge in [0.05, 0.1) is 11.9 Å². The maximum Gasteiger partial charge on any atom is 0.247 e. The van der Waals surface area contributed by atoms with Crippen LogP contribution in [0.15, 0.2) is 94.5 Å². The highest BCUT2D eigenvalue weighted by atomic mass is 32.2. The van der Waals surface area contributed by atoms with Crippen molar-refractivity contribution in [3.05, 3.63) is 102 Å². The molecule has 0 bridgehead atoms. The first-order valence-electron chi connectivity index (χ1n) is 11.5. The molecule has 0 fully saturated rings. The molecule has 1 unspecified atom stereocenters. The van der Waals surface area contributed by atoms with E-state index in [0.29, 0.717) is 24.8 Å². The van der Waals surface area contributed by atoms with Gasteiger partial charge in [0, 0.05) is 17.7 Å². The van der Waals surface area contributed by atoms with Crippen LogP contribution in [0, 0.1) is 0 Å². The van der Waals surface area contributed by atoms with Crippen molar-refractivity contribution in [2.75, 3.05) is 6.61 Å². The Morgan fingerprint density at radius 2 is 1.57 bits per heavy atom. The van der Waals surface area contributed by atoms with E-state index in [1.807, 2.05) is 86.6 Å². The number of hydrogen-bond acceptors (Lipinski definition) is 7. The Labute approximate surface area is 208 Å². The Kier molecular flexibility index (Phi) is 6.90. The van der Waals surface area contributed by atoms with Crippen molar-refractivity contribution >= 4 is 11.8 Å². The molecule has 35 heavy (non-hydrogen) atoms. The van der Waals surface area contributed by atoms with Gasteiger partial charge in [-0.25, -0.2) is 0 Å². The third kappa shape index (κ3) is 5.27. The molecule has 0 aliphatic heterocycles. The Morgan fingerprint density at radius 3 is 2.29 bits per heavy atom. The molecular weight excluding hydrogens is 458 g/mol. The highest BCUT2D eigenvalue weighted by molar-refractivity contribution is 7.99. The van der Waals surface area contributed by atoms with Crippen LogP contribution in [0.4, 0.5) is 0 Å². The summed E-state index contributed by atoms with van der Waals surface area (Å²) < 4.78 is 13.7. The van der Waals surface area contributed by atoms with Crippen LogP contribution in [0.5, 0.6) is 5.75 Å². The first kappa shape index (κ1) is 22.9. The van der Waals surface area contributed by atoms with Gasteiger partial charge >= 0.3 is 0 Å². The molecule has 8 heteroatoms. The summed E-state index contributed by atoms with van der Waals surface area (Å²) in [6, 6.07) is 28.0. The highest BCUT2D eigenvalue weighted by Crippen LogP contribution is 2.36. The molecule has 0 saturated carbocycles. The summed E-state index contributed by atoms with van der Waals surface area (Å²) in [5, 5.41) is 18.2. The SMILES string of the molecule is CCOc1ccc(-n2c(Cc3ccccc3)nnc2SC(C)c2nnc(-c3ccccc3)o2)cc1. The predicted octanol–water partition coefficient (Wildman–Crippen LogP) is 6.16. The maximum absolute atomic E-state index is 5.98. The minimum Gasteiger partial charge on any atom is -0.494 e. The van der Waals surface area contributed by atoms with Gasteiger partial charge in [0.15, 0.2) is 5.16 Å².